The maximum atomic E-state index is 13.7. The Bertz CT molecular complexity index is 1150. The molecule has 148 valence electrons. The molecule has 1 fully saturated rings. The first-order chi connectivity index (χ1) is 14.1. The zero-order valence-electron chi connectivity index (χ0n) is 15.7. The normalized spacial score (nSPS) is 15.9. The third-order valence-electron chi connectivity index (χ3n) is 5.36. The number of benzene rings is 2. The molecule has 2 heterocycles. The van der Waals surface area contributed by atoms with Crippen LogP contribution in [0.5, 0.6) is 5.75 Å². The Labute approximate surface area is 166 Å². The molecule has 2 N–H and O–H groups in total. The van der Waals surface area contributed by atoms with Gasteiger partial charge < -0.3 is 19.7 Å². The van der Waals surface area contributed by atoms with E-state index in [9.17, 15) is 14.3 Å². The van der Waals surface area contributed by atoms with Gasteiger partial charge in [-0.05, 0) is 55.2 Å². The smallest absolute Gasteiger partial charge is 0.335 e. The van der Waals surface area contributed by atoms with Crippen molar-refractivity contribution in [1.29, 1.82) is 0 Å². The van der Waals surface area contributed by atoms with Gasteiger partial charge in [-0.3, -0.25) is 4.99 Å². The van der Waals surface area contributed by atoms with Crippen LogP contribution < -0.4 is 10.1 Å². The largest absolute Gasteiger partial charge is 0.489 e. The summed E-state index contributed by atoms with van der Waals surface area (Å²) in [6.07, 6.45) is 4.12. The molecule has 0 amide bonds. The Balaban J connectivity index is 1.58. The van der Waals surface area contributed by atoms with E-state index >= 15 is 0 Å². The summed E-state index contributed by atoms with van der Waals surface area (Å²) in [5.74, 6) is -0.171. The third kappa shape index (κ3) is 3.44. The fraction of sp³-hybridized carbons (Fsp3) is 0.273. The molecular formula is C22H20FN3O3. The summed E-state index contributed by atoms with van der Waals surface area (Å²) in [6.45, 7) is 1.97. The van der Waals surface area contributed by atoms with E-state index < -0.39 is 5.97 Å². The molecule has 0 unspecified atom stereocenters. The van der Waals surface area contributed by atoms with Crippen LogP contribution in [-0.4, -0.2) is 35.0 Å². The quantitative estimate of drug-likeness (QED) is 0.628. The standard InChI is InChI=1S/C22H20FN3O3/c23-16-3-4-19-14(7-16)8-17(26(19)12-13-1-2-13)11-25-18-9-15(22(27)28)10-20-21(18)24-5-6-29-20/h3-4,7-11,13,24H,1-2,5-6,12H2,(H,27,28). The number of nitrogens with zero attached hydrogens (tertiary/aromatic N) is 2. The number of hydrogen-bond donors (Lipinski definition) is 2. The van der Waals surface area contributed by atoms with Crippen molar-refractivity contribution in [3.05, 3.63) is 53.5 Å². The first-order valence-electron chi connectivity index (χ1n) is 9.69. The number of ether oxygens (including phenoxy) is 1. The van der Waals surface area contributed by atoms with Gasteiger partial charge in [-0.2, -0.15) is 0 Å². The van der Waals surface area contributed by atoms with Crippen molar-refractivity contribution in [2.75, 3.05) is 18.5 Å². The molecule has 1 aliphatic heterocycles. The fourth-order valence-corrected chi connectivity index (χ4v) is 3.72. The number of aliphatic imine (C=N–C) groups is 1. The highest BCUT2D eigenvalue weighted by Crippen LogP contribution is 2.38. The summed E-state index contributed by atoms with van der Waals surface area (Å²) >= 11 is 0. The minimum Gasteiger partial charge on any atom is -0.489 e. The predicted molar refractivity (Wildman–Crippen MR) is 109 cm³/mol. The van der Waals surface area contributed by atoms with Gasteiger partial charge in [0, 0.05) is 24.0 Å². The summed E-state index contributed by atoms with van der Waals surface area (Å²) in [4.78, 5) is 16.1. The highest BCUT2D eigenvalue weighted by molar-refractivity contribution is 5.95. The van der Waals surface area contributed by atoms with Gasteiger partial charge in [0.05, 0.1) is 23.2 Å². The molecule has 0 radical (unpaired) electrons. The van der Waals surface area contributed by atoms with E-state index in [4.69, 9.17) is 4.74 Å². The Morgan fingerprint density at radius 2 is 2.17 bits per heavy atom. The summed E-state index contributed by atoms with van der Waals surface area (Å²) in [7, 11) is 0. The summed E-state index contributed by atoms with van der Waals surface area (Å²) in [6, 6.07) is 9.76. The number of fused-ring (bicyclic) bond motifs is 2. The molecule has 1 saturated carbocycles. The minimum atomic E-state index is -1.03. The van der Waals surface area contributed by atoms with Crippen LogP contribution in [-0.2, 0) is 6.54 Å². The average Bonchev–Trinajstić information content (AvgIpc) is 3.47. The van der Waals surface area contributed by atoms with Crippen LogP contribution in [0.2, 0.25) is 0 Å². The number of aromatic nitrogens is 1. The van der Waals surface area contributed by atoms with Gasteiger partial charge in [0.25, 0.3) is 0 Å². The van der Waals surface area contributed by atoms with Crippen molar-refractivity contribution >= 4 is 34.5 Å². The lowest BCUT2D eigenvalue weighted by Gasteiger charge is -2.21. The topological polar surface area (TPSA) is 75.8 Å². The molecule has 1 aromatic heterocycles. The highest BCUT2D eigenvalue weighted by Gasteiger charge is 2.24. The van der Waals surface area contributed by atoms with E-state index in [1.165, 1.54) is 37.1 Å². The zero-order chi connectivity index (χ0) is 20.0. The van der Waals surface area contributed by atoms with Crippen molar-refractivity contribution in [3.8, 4) is 5.75 Å². The van der Waals surface area contributed by atoms with Gasteiger partial charge in [-0.25, -0.2) is 9.18 Å². The Hall–Kier alpha value is -3.35. The van der Waals surface area contributed by atoms with E-state index in [-0.39, 0.29) is 11.4 Å². The highest BCUT2D eigenvalue weighted by atomic mass is 19.1. The Morgan fingerprint density at radius 1 is 1.31 bits per heavy atom. The van der Waals surface area contributed by atoms with Crippen LogP contribution in [0, 0.1) is 11.7 Å². The maximum absolute atomic E-state index is 13.7. The Kier molecular flexibility index (Phi) is 4.23. The predicted octanol–water partition coefficient (Wildman–Crippen LogP) is 4.44. The van der Waals surface area contributed by atoms with E-state index in [2.05, 4.69) is 14.9 Å². The number of aromatic carboxylic acids is 1. The van der Waals surface area contributed by atoms with Gasteiger partial charge in [0.15, 0.2) is 0 Å². The maximum Gasteiger partial charge on any atom is 0.335 e. The number of carboxylic acid groups (broad SMARTS) is 1. The van der Waals surface area contributed by atoms with Crippen LogP contribution in [0.3, 0.4) is 0 Å². The molecule has 5 rings (SSSR count). The monoisotopic (exact) mass is 393 g/mol. The second-order valence-corrected chi connectivity index (χ2v) is 7.53. The number of carbonyl (C=O) groups is 1. The van der Waals surface area contributed by atoms with Gasteiger partial charge in [-0.1, -0.05) is 0 Å². The van der Waals surface area contributed by atoms with Gasteiger partial charge >= 0.3 is 5.97 Å². The molecule has 3 aromatic rings. The fourth-order valence-electron chi connectivity index (χ4n) is 3.72. The molecule has 0 atom stereocenters. The Morgan fingerprint density at radius 3 is 2.97 bits per heavy atom. The average molecular weight is 393 g/mol. The summed E-state index contributed by atoms with van der Waals surface area (Å²) in [5, 5.41) is 13.5. The van der Waals surface area contributed by atoms with Crippen LogP contribution in [0.1, 0.15) is 28.9 Å². The lowest BCUT2D eigenvalue weighted by Crippen LogP contribution is -2.18. The van der Waals surface area contributed by atoms with Crippen molar-refractivity contribution in [1.82, 2.24) is 4.57 Å². The van der Waals surface area contributed by atoms with Crippen LogP contribution >= 0.6 is 0 Å². The zero-order valence-corrected chi connectivity index (χ0v) is 15.7. The number of anilines is 1. The number of nitrogens with one attached hydrogen (secondary N) is 1. The van der Waals surface area contributed by atoms with Crippen LogP contribution in [0.4, 0.5) is 15.8 Å². The summed E-state index contributed by atoms with van der Waals surface area (Å²) in [5.41, 5.74) is 3.16. The van der Waals surface area contributed by atoms with E-state index in [0.29, 0.717) is 36.2 Å². The van der Waals surface area contributed by atoms with Crippen LogP contribution in [0.15, 0.2) is 41.4 Å². The summed E-state index contributed by atoms with van der Waals surface area (Å²) < 4.78 is 21.5. The number of halogens is 1. The van der Waals surface area contributed by atoms with Gasteiger partial charge in [0.1, 0.15) is 23.9 Å². The lowest BCUT2D eigenvalue weighted by atomic mass is 10.1. The van der Waals surface area contributed by atoms with Crippen molar-refractivity contribution in [3.63, 3.8) is 0 Å². The van der Waals surface area contributed by atoms with Crippen LogP contribution in [0.25, 0.3) is 10.9 Å². The SMILES string of the molecule is O=C(O)c1cc(N=Cc2cc3cc(F)ccc3n2CC2CC2)c2c(c1)OCCN2. The number of rotatable bonds is 5. The van der Waals surface area contributed by atoms with Crippen molar-refractivity contribution in [2.45, 2.75) is 19.4 Å². The van der Waals surface area contributed by atoms with E-state index in [1.807, 2.05) is 6.07 Å². The third-order valence-corrected chi connectivity index (χ3v) is 5.36. The molecule has 2 aromatic carbocycles. The van der Waals surface area contributed by atoms with Gasteiger partial charge in [0.2, 0.25) is 0 Å². The molecule has 6 nitrogen and oxygen atoms in total. The second-order valence-electron chi connectivity index (χ2n) is 7.53. The van der Waals surface area contributed by atoms with Crippen molar-refractivity contribution < 1.29 is 19.0 Å². The van der Waals surface area contributed by atoms with Crippen molar-refractivity contribution in [2.24, 2.45) is 10.9 Å². The lowest BCUT2D eigenvalue weighted by molar-refractivity contribution is 0.0696. The van der Waals surface area contributed by atoms with E-state index in [0.717, 1.165) is 23.1 Å². The molecule has 0 spiro atoms. The molecule has 0 saturated heterocycles. The molecule has 0 bridgehead atoms. The molecule has 1 aliphatic carbocycles. The number of hydrogen-bond acceptors (Lipinski definition) is 4. The minimum absolute atomic E-state index is 0.125. The first kappa shape index (κ1) is 17.7. The van der Waals surface area contributed by atoms with Gasteiger partial charge in [-0.15, -0.1) is 0 Å². The molecule has 2 aliphatic rings. The molecule has 29 heavy (non-hydrogen) atoms. The molecular weight excluding hydrogens is 373 g/mol. The number of carboxylic acids is 1. The first-order valence-corrected chi connectivity index (χ1v) is 9.69. The second kappa shape index (κ2) is 6.92. The van der Waals surface area contributed by atoms with E-state index in [1.54, 1.807) is 12.3 Å². The molecule has 7 heteroatoms.